The largest absolute Gasteiger partial charge is 0.273 e. The zero-order chi connectivity index (χ0) is 17.5. The first-order chi connectivity index (χ1) is 11.3. The van der Waals surface area contributed by atoms with Gasteiger partial charge in [-0.2, -0.15) is 4.31 Å². The molecule has 2 aliphatic rings. The highest BCUT2D eigenvalue weighted by Gasteiger charge is 2.37. The average molecular weight is 372 g/mol. The second-order valence-electron chi connectivity index (χ2n) is 6.04. The topological polar surface area (TPSA) is 91.8 Å². The highest BCUT2D eigenvalue weighted by Crippen LogP contribution is 2.30. The molecule has 7 nitrogen and oxygen atoms in total. The molecule has 2 heterocycles. The van der Waals surface area contributed by atoms with E-state index in [0.29, 0.717) is 6.54 Å². The molecule has 9 heteroatoms. The van der Waals surface area contributed by atoms with E-state index < -0.39 is 26.0 Å². The molecule has 1 amide bonds. The Morgan fingerprint density at radius 3 is 2.42 bits per heavy atom. The molecule has 3 rings (SSSR count). The van der Waals surface area contributed by atoms with Crippen LogP contribution in [0.4, 0.5) is 5.69 Å². The van der Waals surface area contributed by atoms with E-state index in [2.05, 4.69) is 0 Å². The molecule has 1 atom stereocenters. The van der Waals surface area contributed by atoms with E-state index in [4.69, 9.17) is 0 Å². The van der Waals surface area contributed by atoms with E-state index in [1.807, 2.05) is 6.92 Å². The first kappa shape index (κ1) is 17.4. The van der Waals surface area contributed by atoms with Crippen molar-refractivity contribution >= 4 is 31.6 Å². The number of rotatable bonds is 4. The average Bonchev–Trinajstić information content (AvgIpc) is 3.12. The maximum atomic E-state index is 12.8. The van der Waals surface area contributed by atoms with E-state index in [1.54, 1.807) is 0 Å². The molecule has 2 aliphatic heterocycles. The zero-order valence-corrected chi connectivity index (χ0v) is 15.0. The first-order valence-electron chi connectivity index (χ1n) is 7.95. The Kier molecular flexibility index (Phi) is 4.43. The Labute approximate surface area is 142 Å². The lowest BCUT2D eigenvalue weighted by Gasteiger charge is -2.23. The van der Waals surface area contributed by atoms with Gasteiger partial charge in [-0.25, -0.2) is 21.1 Å². The van der Waals surface area contributed by atoms with Gasteiger partial charge in [0.25, 0.3) is 0 Å². The van der Waals surface area contributed by atoms with Gasteiger partial charge in [-0.05, 0) is 43.5 Å². The Balaban J connectivity index is 1.91. The molecule has 0 saturated carbocycles. The SMILES string of the molecule is CCC1CCCN1S(=O)(=O)c1ccc(N2C(=O)CCS2(=O)=O)cc1. The highest BCUT2D eigenvalue weighted by molar-refractivity contribution is 7.94. The molecule has 2 fully saturated rings. The molecule has 0 aliphatic carbocycles. The van der Waals surface area contributed by atoms with Crippen molar-refractivity contribution in [2.24, 2.45) is 0 Å². The van der Waals surface area contributed by atoms with Gasteiger partial charge in [-0.15, -0.1) is 0 Å². The van der Waals surface area contributed by atoms with E-state index in [-0.39, 0.29) is 28.8 Å². The maximum absolute atomic E-state index is 12.8. The molecule has 0 bridgehead atoms. The summed E-state index contributed by atoms with van der Waals surface area (Å²) in [5.41, 5.74) is 0.185. The number of hydrogen-bond donors (Lipinski definition) is 0. The molecule has 1 unspecified atom stereocenters. The number of hydrogen-bond acceptors (Lipinski definition) is 5. The zero-order valence-electron chi connectivity index (χ0n) is 13.4. The van der Waals surface area contributed by atoms with Gasteiger partial charge in [0, 0.05) is 19.0 Å². The Morgan fingerprint density at radius 1 is 1.21 bits per heavy atom. The molecule has 0 radical (unpaired) electrons. The van der Waals surface area contributed by atoms with Gasteiger partial charge in [-0.1, -0.05) is 6.92 Å². The van der Waals surface area contributed by atoms with E-state index >= 15 is 0 Å². The quantitative estimate of drug-likeness (QED) is 0.795. The van der Waals surface area contributed by atoms with Crippen LogP contribution in [0.2, 0.25) is 0 Å². The van der Waals surface area contributed by atoms with Gasteiger partial charge in [0.15, 0.2) is 0 Å². The van der Waals surface area contributed by atoms with Gasteiger partial charge in [-0.3, -0.25) is 4.79 Å². The summed E-state index contributed by atoms with van der Waals surface area (Å²) in [5, 5.41) is 0. The number of carbonyl (C=O) groups is 1. The second-order valence-corrected chi connectivity index (χ2v) is 9.87. The number of benzene rings is 1. The summed E-state index contributed by atoms with van der Waals surface area (Å²) in [4.78, 5) is 11.9. The van der Waals surface area contributed by atoms with E-state index in [0.717, 1.165) is 23.6 Å². The third kappa shape index (κ3) is 2.84. The van der Waals surface area contributed by atoms with Crippen molar-refractivity contribution in [3.05, 3.63) is 24.3 Å². The van der Waals surface area contributed by atoms with Gasteiger partial charge < -0.3 is 0 Å². The van der Waals surface area contributed by atoms with Crippen molar-refractivity contribution in [1.29, 1.82) is 0 Å². The van der Waals surface area contributed by atoms with Gasteiger partial charge in [0.2, 0.25) is 26.0 Å². The van der Waals surface area contributed by atoms with Gasteiger partial charge >= 0.3 is 0 Å². The highest BCUT2D eigenvalue weighted by atomic mass is 32.2. The van der Waals surface area contributed by atoms with Crippen LogP contribution in [0.5, 0.6) is 0 Å². The fourth-order valence-corrected chi connectivity index (χ4v) is 6.52. The molecule has 132 valence electrons. The smallest absolute Gasteiger partial charge is 0.243 e. The lowest BCUT2D eigenvalue weighted by Crippen LogP contribution is -2.35. The lowest BCUT2D eigenvalue weighted by molar-refractivity contribution is -0.116. The third-order valence-corrected chi connectivity index (χ3v) is 8.21. The Hall–Kier alpha value is -1.45. The van der Waals surface area contributed by atoms with Crippen molar-refractivity contribution < 1.29 is 21.6 Å². The molecule has 1 aromatic carbocycles. The van der Waals surface area contributed by atoms with Crippen LogP contribution in [0.15, 0.2) is 29.2 Å². The van der Waals surface area contributed by atoms with E-state index in [1.165, 1.54) is 28.6 Å². The normalized spacial score (nSPS) is 24.6. The van der Waals surface area contributed by atoms with Crippen LogP contribution in [-0.2, 0) is 24.8 Å². The number of sulfonamides is 2. The van der Waals surface area contributed by atoms with Gasteiger partial charge in [0.1, 0.15) is 0 Å². The summed E-state index contributed by atoms with van der Waals surface area (Å²) in [6.07, 6.45) is 2.41. The molecule has 0 spiro atoms. The Morgan fingerprint density at radius 2 is 1.88 bits per heavy atom. The molecule has 2 saturated heterocycles. The van der Waals surface area contributed by atoms with Crippen LogP contribution in [0, 0.1) is 0 Å². The molecule has 0 N–H and O–H groups in total. The van der Waals surface area contributed by atoms with Crippen molar-refractivity contribution in [2.75, 3.05) is 16.6 Å². The summed E-state index contributed by atoms with van der Waals surface area (Å²) >= 11 is 0. The number of anilines is 1. The summed E-state index contributed by atoms with van der Waals surface area (Å²) in [6.45, 7) is 2.47. The summed E-state index contributed by atoms with van der Waals surface area (Å²) in [7, 11) is -7.24. The fraction of sp³-hybridized carbons (Fsp3) is 0.533. The second kappa shape index (κ2) is 6.12. The van der Waals surface area contributed by atoms with Crippen molar-refractivity contribution in [3.63, 3.8) is 0 Å². The van der Waals surface area contributed by atoms with Crippen molar-refractivity contribution in [1.82, 2.24) is 4.31 Å². The lowest BCUT2D eigenvalue weighted by atomic mass is 10.2. The molecule has 24 heavy (non-hydrogen) atoms. The number of nitrogens with zero attached hydrogens (tertiary/aromatic N) is 2. The van der Waals surface area contributed by atoms with Crippen LogP contribution >= 0.6 is 0 Å². The van der Waals surface area contributed by atoms with Crippen LogP contribution in [0.25, 0.3) is 0 Å². The predicted molar refractivity (Wildman–Crippen MR) is 89.5 cm³/mol. The van der Waals surface area contributed by atoms with E-state index in [9.17, 15) is 21.6 Å². The monoisotopic (exact) mass is 372 g/mol. The maximum Gasteiger partial charge on any atom is 0.243 e. The van der Waals surface area contributed by atoms with Gasteiger partial charge in [0.05, 0.1) is 16.3 Å². The van der Waals surface area contributed by atoms with Crippen LogP contribution in [-0.4, -0.2) is 45.4 Å². The summed E-state index contributed by atoms with van der Waals surface area (Å²) in [5.74, 6) is -0.700. The molecule has 0 aromatic heterocycles. The van der Waals surface area contributed by atoms with Crippen molar-refractivity contribution in [2.45, 2.75) is 43.5 Å². The summed E-state index contributed by atoms with van der Waals surface area (Å²) < 4.78 is 51.6. The summed E-state index contributed by atoms with van der Waals surface area (Å²) in [6, 6.07) is 5.51. The van der Waals surface area contributed by atoms with Crippen LogP contribution in [0.1, 0.15) is 32.6 Å². The fourth-order valence-electron chi connectivity index (χ4n) is 3.29. The minimum Gasteiger partial charge on any atom is -0.273 e. The third-order valence-electron chi connectivity index (χ3n) is 4.55. The molecular formula is C15H20N2O5S2. The first-order valence-corrected chi connectivity index (χ1v) is 11.0. The van der Waals surface area contributed by atoms with Crippen molar-refractivity contribution in [3.8, 4) is 0 Å². The van der Waals surface area contributed by atoms with Crippen LogP contribution in [0.3, 0.4) is 0 Å². The predicted octanol–water partition coefficient (Wildman–Crippen LogP) is 1.32. The molecular weight excluding hydrogens is 352 g/mol. The number of carbonyl (C=O) groups excluding carboxylic acids is 1. The minimum atomic E-state index is -3.64. The standard InChI is InChI=1S/C15H20N2O5S2/c1-2-12-4-3-10-16(12)24(21,22)14-7-5-13(6-8-14)17-15(18)9-11-23(17,19)20/h5-8,12H,2-4,9-11H2,1H3. The minimum absolute atomic E-state index is 0.00946. The van der Waals surface area contributed by atoms with Crippen LogP contribution < -0.4 is 4.31 Å². The number of amides is 1. The Bertz CT molecular complexity index is 846. The molecule has 1 aromatic rings.